The second-order valence-corrected chi connectivity index (χ2v) is 25.3. The van der Waals surface area contributed by atoms with E-state index in [1.165, 1.54) is 334 Å². The number of nitrogens with one attached hydrogen (secondary N) is 1. The van der Waals surface area contributed by atoms with Crippen LogP contribution in [0.25, 0.3) is 0 Å². The van der Waals surface area contributed by atoms with Gasteiger partial charge < -0.3 is 20.3 Å². The second-order valence-electron chi connectivity index (χ2n) is 25.3. The lowest BCUT2D eigenvalue weighted by Crippen LogP contribution is -2.45. The number of carbonyl (C=O) groups is 2. The van der Waals surface area contributed by atoms with Crippen LogP contribution in [0.1, 0.15) is 406 Å². The number of allylic oxidation sites excluding steroid dienone is 5. The van der Waals surface area contributed by atoms with Crippen LogP contribution < -0.4 is 5.32 Å². The molecule has 1 amide bonds. The number of ether oxygens (including phenoxy) is 1. The minimum absolute atomic E-state index is 0.00508. The first-order valence-corrected chi connectivity index (χ1v) is 36.8. The molecule has 6 nitrogen and oxygen atoms in total. The highest BCUT2D eigenvalue weighted by atomic mass is 16.5. The highest BCUT2D eigenvalue weighted by molar-refractivity contribution is 5.76. The molecular formula is C75H143NO5. The van der Waals surface area contributed by atoms with E-state index in [0.717, 1.165) is 44.9 Å². The summed E-state index contributed by atoms with van der Waals surface area (Å²) in [6.45, 7) is 4.93. The van der Waals surface area contributed by atoms with Crippen LogP contribution in [0, 0.1) is 0 Å². The monoisotopic (exact) mass is 1140 g/mol. The maximum absolute atomic E-state index is 12.5. The Hall–Kier alpha value is -1.92. The molecule has 0 aliphatic carbocycles. The Bertz CT molecular complexity index is 1310. The van der Waals surface area contributed by atoms with Gasteiger partial charge in [0.1, 0.15) is 0 Å². The molecule has 0 rings (SSSR count). The molecule has 2 atom stereocenters. The summed E-state index contributed by atoms with van der Waals surface area (Å²) >= 11 is 0. The van der Waals surface area contributed by atoms with Gasteiger partial charge in [-0.3, -0.25) is 9.59 Å². The van der Waals surface area contributed by atoms with Crippen molar-refractivity contribution in [1.82, 2.24) is 5.32 Å². The molecule has 0 aromatic carbocycles. The average molecular weight is 1140 g/mol. The lowest BCUT2D eigenvalue weighted by Gasteiger charge is -2.20. The molecule has 0 radical (unpaired) electrons. The van der Waals surface area contributed by atoms with E-state index in [9.17, 15) is 19.8 Å². The van der Waals surface area contributed by atoms with Gasteiger partial charge >= 0.3 is 5.97 Å². The maximum atomic E-state index is 12.5. The van der Waals surface area contributed by atoms with Crippen molar-refractivity contribution >= 4 is 11.9 Å². The van der Waals surface area contributed by atoms with E-state index in [1.807, 2.05) is 6.08 Å². The van der Waals surface area contributed by atoms with Crippen molar-refractivity contribution < 1.29 is 24.5 Å². The first-order valence-electron chi connectivity index (χ1n) is 36.8. The van der Waals surface area contributed by atoms with Crippen molar-refractivity contribution in [3.63, 3.8) is 0 Å². The van der Waals surface area contributed by atoms with Crippen molar-refractivity contribution in [1.29, 1.82) is 0 Å². The summed E-state index contributed by atoms with van der Waals surface area (Å²) in [6.07, 6.45) is 90.9. The van der Waals surface area contributed by atoms with Gasteiger partial charge in [-0.15, -0.1) is 0 Å². The average Bonchev–Trinajstić information content (AvgIpc) is 3.47. The zero-order valence-electron chi connectivity index (χ0n) is 54.8. The number of rotatable bonds is 69. The largest absolute Gasteiger partial charge is 0.466 e. The van der Waals surface area contributed by atoms with Crippen LogP contribution in [0.4, 0.5) is 0 Å². The molecule has 0 heterocycles. The van der Waals surface area contributed by atoms with E-state index in [-0.39, 0.29) is 18.5 Å². The van der Waals surface area contributed by atoms with Crippen molar-refractivity contribution in [2.75, 3.05) is 13.2 Å². The molecule has 0 aromatic heterocycles. The van der Waals surface area contributed by atoms with Gasteiger partial charge in [-0.05, 0) is 83.5 Å². The topological polar surface area (TPSA) is 95.9 Å². The Balaban J connectivity index is 3.43. The molecule has 2 unspecified atom stereocenters. The third-order valence-electron chi connectivity index (χ3n) is 17.1. The van der Waals surface area contributed by atoms with Gasteiger partial charge in [-0.2, -0.15) is 0 Å². The predicted molar refractivity (Wildman–Crippen MR) is 356 cm³/mol. The molecule has 0 spiro atoms. The van der Waals surface area contributed by atoms with Gasteiger partial charge in [0.2, 0.25) is 5.91 Å². The first kappa shape index (κ1) is 79.1. The predicted octanol–water partition coefficient (Wildman–Crippen LogP) is 23.9. The van der Waals surface area contributed by atoms with E-state index in [1.54, 1.807) is 6.08 Å². The summed E-state index contributed by atoms with van der Waals surface area (Å²) in [6, 6.07) is -0.632. The highest BCUT2D eigenvalue weighted by Crippen LogP contribution is 2.19. The number of amides is 1. The van der Waals surface area contributed by atoms with Crippen molar-refractivity contribution in [2.24, 2.45) is 0 Å². The summed E-state index contributed by atoms with van der Waals surface area (Å²) in [5.74, 6) is -0.0617. The SMILES string of the molecule is CCCCCCC/C=C\CCCCCCCC(=O)OCCCCCCCCCCCCCC/C=C\CCCCCCCCCCCC(=O)NC(CO)C(O)/C=C/CCCCCCCCCCCCCCCCCCCCCCCCC. The Labute approximate surface area is 506 Å². The fraction of sp³-hybridized carbons (Fsp3) is 0.893. The molecule has 0 aliphatic heterocycles. The van der Waals surface area contributed by atoms with Crippen LogP contribution in [0.3, 0.4) is 0 Å². The summed E-state index contributed by atoms with van der Waals surface area (Å²) in [7, 11) is 0. The lowest BCUT2D eigenvalue weighted by atomic mass is 10.0. The highest BCUT2D eigenvalue weighted by Gasteiger charge is 2.18. The van der Waals surface area contributed by atoms with Gasteiger partial charge in [-0.25, -0.2) is 0 Å². The van der Waals surface area contributed by atoms with Gasteiger partial charge in [0.25, 0.3) is 0 Å². The van der Waals surface area contributed by atoms with E-state index in [0.29, 0.717) is 19.4 Å². The number of esters is 1. The molecule has 0 fully saturated rings. The maximum Gasteiger partial charge on any atom is 0.305 e. The molecule has 6 heteroatoms. The summed E-state index contributed by atoms with van der Waals surface area (Å²) in [5, 5.41) is 23.3. The number of aliphatic hydroxyl groups is 2. The second kappa shape index (κ2) is 70.6. The molecular weight excluding hydrogens is 995 g/mol. The van der Waals surface area contributed by atoms with Gasteiger partial charge in [0.05, 0.1) is 25.4 Å². The smallest absolute Gasteiger partial charge is 0.305 e. The number of hydrogen-bond acceptors (Lipinski definition) is 5. The summed E-state index contributed by atoms with van der Waals surface area (Å²) in [5.41, 5.74) is 0. The Morgan fingerprint density at radius 1 is 0.333 bits per heavy atom. The van der Waals surface area contributed by atoms with E-state index in [4.69, 9.17) is 4.74 Å². The van der Waals surface area contributed by atoms with Crippen molar-refractivity contribution in [3.8, 4) is 0 Å². The minimum atomic E-state index is -0.848. The van der Waals surface area contributed by atoms with Crippen LogP contribution in [-0.2, 0) is 14.3 Å². The quantitative estimate of drug-likeness (QED) is 0.0320. The van der Waals surface area contributed by atoms with Crippen LogP contribution in [0.5, 0.6) is 0 Å². The summed E-state index contributed by atoms with van der Waals surface area (Å²) < 4.78 is 5.48. The third-order valence-corrected chi connectivity index (χ3v) is 17.1. The van der Waals surface area contributed by atoms with Gasteiger partial charge in [0, 0.05) is 12.8 Å². The number of aliphatic hydroxyl groups excluding tert-OH is 2. The van der Waals surface area contributed by atoms with Gasteiger partial charge in [-0.1, -0.05) is 346 Å². The van der Waals surface area contributed by atoms with Crippen LogP contribution in [-0.4, -0.2) is 47.4 Å². The Kier molecular flexibility index (Phi) is 68.9. The zero-order valence-corrected chi connectivity index (χ0v) is 54.8. The van der Waals surface area contributed by atoms with E-state index < -0.39 is 12.1 Å². The van der Waals surface area contributed by atoms with E-state index in [2.05, 4.69) is 43.5 Å². The Morgan fingerprint density at radius 3 is 0.877 bits per heavy atom. The normalized spacial score (nSPS) is 12.7. The number of hydrogen-bond donors (Lipinski definition) is 3. The zero-order chi connectivity index (χ0) is 58.5. The number of carbonyl (C=O) groups excluding carboxylic acids is 2. The van der Waals surface area contributed by atoms with Crippen LogP contribution in [0.2, 0.25) is 0 Å². The van der Waals surface area contributed by atoms with Crippen LogP contribution >= 0.6 is 0 Å². The standard InChI is InChI=1S/C75H143NO5/c1-3-5-7-9-11-13-15-17-19-20-21-22-23-25-28-31-34-37-40-43-47-51-55-59-63-67-73(78)72(71-77)76-74(79)68-64-60-56-52-48-44-41-38-35-32-29-26-24-27-30-33-36-39-42-46-50-54-58-62-66-70-81-75(80)69-65-61-57-53-49-45-18-16-14-12-10-8-6-4-2/h16,18,26,29,63,67,72-73,77-78H,3-15,17,19-25,27-28,30-62,64-66,68-71H2,1-2H3,(H,76,79)/b18-16-,29-26-,67-63+. The molecule has 3 N–H and O–H groups in total. The Morgan fingerprint density at radius 2 is 0.580 bits per heavy atom. The first-order chi connectivity index (χ1) is 40.0. The molecule has 478 valence electrons. The lowest BCUT2D eigenvalue weighted by molar-refractivity contribution is -0.143. The number of unbranched alkanes of at least 4 members (excludes halogenated alkanes) is 54. The molecule has 0 saturated carbocycles. The van der Waals surface area contributed by atoms with E-state index >= 15 is 0 Å². The third kappa shape index (κ3) is 67.1. The van der Waals surface area contributed by atoms with Crippen molar-refractivity contribution in [2.45, 2.75) is 418 Å². The van der Waals surface area contributed by atoms with Crippen LogP contribution in [0.15, 0.2) is 36.5 Å². The minimum Gasteiger partial charge on any atom is -0.466 e. The van der Waals surface area contributed by atoms with Gasteiger partial charge in [0.15, 0.2) is 0 Å². The molecule has 0 aliphatic rings. The fourth-order valence-electron chi connectivity index (χ4n) is 11.5. The summed E-state index contributed by atoms with van der Waals surface area (Å²) in [4.78, 5) is 24.6. The molecule has 0 aromatic rings. The molecule has 0 bridgehead atoms. The molecule has 81 heavy (non-hydrogen) atoms. The molecule has 0 saturated heterocycles. The fourth-order valence-corrected chi connectivity index (χ4v) is 11.5. The van der Waals surface area contributed by atoms with Crippen molar-refractivity contribution in [3.05, 3.63) is 36.5 Å².